The second-order valence-electron chi connectivity index (χ2n) is 17.8. The lowest BCUT2D eigenvalue weighted by Gasteiger charge is -2.27. The maximum Gasteiger partial charge on any atom is 0.249 e. The highest BCUT2D eigenvalue weighted by atomic mass is 16.3. The molecule has 0 fully saturated rings. The van der Waals surface area contributed by atoms with Gasteiger partial charge in [0.1, 0.15) is 12.2 Å². The van der Waals surface area contributed by atoms with E-state index in [2.05, 4.69) is 55.6 Å². The number of amides is 1. The van der Waals surface area contributed by atoms with Gasteiger partial charge in [-0.15, -0.1) is 0 Å². The smallest absolute Gasteiger partial charge is 0.249 e. The van der Waals surface area contributed by atoms with Crippen LogP contribution in [0.4, 0.5) is 0 Å². The summed E-state index contributed by atoms with van der Waals surface area (Å²) in [4.78, 5) is 12.5. The number of rotatable bonds is 47. The zero-order valence-corrected chi connectivity index (χ0v) is 39.3. The number of carbonyl (C=O) groups excluding carboxylic acids is 1. The number of carbonyl (C=O) groups is 1. The van der Waals surface area contributed by atoms with Crippen LogP contribution in [0.15, 0.2) is 36.5 Å². The van der Waals surface area contributed by atoms with E-state index in [1.54, 1.807) is 0 Å². The predicted octanol–water partition coefficient (Wildman–Crippen LogP) is 14.5. The lowest BCUT2D eigenvalue weighted by atomic mass is 10.00. The van der Waals surface area contributed by atoms with Gasteiger partial charge in [-0.05, 0) is 64.2 Å². The largest absolute Gasteiger partial charge is 0.394 e. The molecule has 0 aliphatic carbocycles. The molecule has 4 atom stereocenters. The van der Waals surface area contributed by atoms with Crippen LogP contribution < -0.4 is 5.32 Å². The molecule has 6 heteroatoms. The van der Waals surface area contributed by atoms with Gasteiger partial charge in [0.05, 0.1) is 18.8 Å². The van der Waals surface area contributed by atoms with E-state index >= 15 is 0 Å². The summed E-state index contributed by atoms with van der Waals surface area (Å²) in [5.74, 6) is -0.599. The lowest BCUT2D eigenvalue weighted by Crippen LogP contribution is -2.53. The highest BCUT2D eigenvalue weighted by molar-refractivity contribution is 5.80. The van der Waals surface area contributed by atoms with Crippen LogP contribution in [0.2, 0.25) is 0 Å². The fourth-order valence-corrected chi connectivity index (χ4v) is 7.97. The summed E-state index contributed by atoms with van der Waals surface area (Å²) in [6, 6.07) is -1.01. The molecule has 0 saturated carbocycles. The number of hydrogen-bond acceptors (Lipinski definition) is 5. The van der Waals surface area contributed by atoms with Gasteiger partial charge in [0.2, 0.25) is 5.91 Å². The minimum Gasteiger partial charge on any atom is -0.394 e. The van der Waals surface area contributed by atoms with Gasteiger partial charge in [-0.25, -0.2) is 0 Å². The molecule has 0 aromatic heterocycles. The SMILES string of the molecule is CCCCCCCCCCCCCCCCCCC/C=C/CC/C=C/CC/C=C/CCCC(O)C(O)C(CO)NC(=O)C(O)CCCCCCCCCCCCCCC. The minimum atomic E-state index is -1.29. The van der Waals surface area contributed by atoms with E-state index in [1.807, 2.05) is 0 Å². The minimum absolute atomic E-state index is 0.361. The molecule has 0 aliphatic heterocycles. The summed E-state index contributed by atoms with van der Waals surface area (Å²) in [5, 5.41) is 43.7. The Hall–Kier alpha value is -1.47. The van der Waals surface area contributed by atoms with E-state index in [0.29, 0.717) is 19.3 Å². The van der Waals surface area contributed by atoms with Crippen molar-refractivity contribution in [2.75, 3.05) is 6.61 Å². The molecule has 4 unspecified atom stereocenters. The van der Waals surface area contributed by atoms with Crippen LogP contribution in [0, 0.1) is 0 Å². The third-order valence-corrected chi connectivity index (χ3v) is 12.1. The molecule has 59 heavy (non-hydrogen) atoms. The van der Waals surface area contributed by atoms with Crippen LogP contribution in [-0.2, 0) is 4.79 Å². The highest BCUT2D eigenvalue weighted by Gasteiger charge is 2.28. The van der Waals surface area contributed by atoms with Crippen molar-refractivity contribution in [1.82, 2.24) is 5.32 Å². The molecule has 0 heterocycles. The fourth-order valence-electron chi connectivity index (χ4n) is 7.97. The summed E-state index contributed by atoms with van der Waals surface area (Å²) in [7, 11) is 0. The molecule has 0 bridgehead atoms. The molecule has 0 rings (SSSR count). The van der Waals surface area contributed by atoms with Crippen molar-refractivity contribution in [2.45, 2.75) is 289 Å². The summed E-state index contributed by atoms with van der Waals surface area (Å²) in [6.45, 7) is 4.04. The van der Waals surface area contributed by atoms with Crippen molar-refractivity contribution in [1.29, 1.82) is 0 Å². The molecule has 348 valence electrons. The highest BCUT2D eigenvalue weighted by Crippen LogP contribution is 2.16. The van der Waals surface area contributed by atoms with Gasteiger partial charge in [-0.3, -0.25) is 4.79 Å². The number of nitrogens with one attached hydrogen (secondary N) is 1. The molecular formula is C53H101NO5. The van der Waals surface area contributed by atoms with E-state index in [9.17, 15) is 25.2 Å². The average Bonchev–Trinajstić information content (AvgIpc) is 3.24. The second kappa shape index (κ2) is 47.6. The summed E-state index contributed by atoms with van der Waals surface area (Å²) >= 11 is 0. The van der Waals surface area contributed by atoms with E-state index in [-0.39, 0.29) is 0 Å². The third kappa shape index (κ3) is 41.6. The van der Waals surface area contributed by atoms with Gasteiger partial charge in [-0.2, -0.15) is 0 Å². The van der Waals surface area contributed by atoms with Crippen molar-refractivity contribution in [3.8, 4) is 0 Å². The Morgan fingerprint density at radius 1 is 0.407 bits per heavy atom. The van der Waals surface area contributed by atoms with Gasteiger partial charge in [0.15, 0.2) is 0 Å². The average molecular weight is 832 g/mol. The van der Waals surface area contributed by atoms with Crippen LogP contribution in [-0.4, -0.2) is 57.3 Å². The molecule has 0 spiro atoms. The van der Waals surface area contributed by atoms with E-state index in [4.69, 9.17) is 0 Å². The number of aliphatic hydroxyl groups is 4. The molecule has 6 nitrogen and oxygen atoms in total. The van der Waals surface area contributed by atoms with E-state index in [0.717, 1.165) is 51.4 Å². The van der Waals surface area contributed by atoms with Crippen molar-refractivity contribution < 1.29 is 25.2 Å². The van der Waals surface area contributed by atoms with E-state index < -0.39 is 36.9 Å². The van der Waals surface area contributed by atoms with Crippen LogP contribution in [0.5, 0.6) is 0 Å². The predicted molar refractivity (Wildman–Crippen MR) is 256 cm³/mol. The quantitative estimate of drug-likeness (QED) is 0.0310. The first-order valence-electron chi connectivity index (χ1n) is 25.9. The zero-order valence-electron chi connectivity index (χ0n) is 39.3. The Kier molecular flexibility index (Phi) is 46.4. The zero-order chi connectivity index (χ0) is 43.1. The Bertz CT molecular complexity index is 935. The van der Waals surface area contributed by atoms with Gasteiger partial charge in [0.25, 0.3) is 0 Å². The Balaban J connectivity index is 3.70. The third-order valence-electron chi connectivity index (χ3n) is 12.1. The van der Waals surface area contributed by atoms with Gasteiger partial charge < -0.3 is 25.7 Å². The van der Waals surface area contributed by atoms with E-state index in [1.165, 1.54) is 180 Å². The molecule has 0 radical (unpaired) electrons. The fraction of sp³-hybridized carbons (Fsp3) is 0.868. The van der Waals surface area contributed by atoms with Crippen molar-refractivity contribution in [2.24, 2.45) is 0 Å². The number of aliphatic hydroxyl groups excluding tert-OH is 4. The number of hydrogen-bond donors (Lipinski definition) is 5. The lowest BCUT2D eigenvalue weighted by molar-refractivity contribution is -0.132. The van der Waals surface area contributed by atoms with Crippen LogP contribution >= 0.6 is 0 Å². The van der Waals surface area contributed by atoms with Crippen LogP contribution in [0.25, 0.3) is 0 Å². The Morgan fingerprint density at radius 2 is 0.712 bits per heavy atom. The van der Waals surface area contributed by atoms with Gasteiger partial charge >= 0.3 is 0 Å². The summed E-state index contributed by atoms with van der Waals surface area (Å²) in [5.41, 5.74) is 0. The van der Waals surface area contributed by atoms with Crippen molar-refractivity contribution in [3.63, 3.8) is 0 Å². The van der Waals surface area contributed by atoms with Gasteiger partial charge in [-0.1, -0.05) is 237 Å². The number of allylic oxidation sites excluding steroid dienone is 6. The molecule has 0 aromatic rings. The van der Waals surface area contributed by atoms with Crippen LogP contribution in [0.3, 0.4) is 0 Å². The Labute approximate surface area is 367 Å². The maximum absolute atomic E-state index is 12.5. The molecule has 1 amide bonds. The normalized spacial score (nSPS) is 14.2. The topological polar surface area (TPSA) is 110 Å². The van der Waals surface area contributed by atoms with Crippen molar-refractivity contribution >= 4 is 5.91 Å². The molecule has 0 aliphatic rings. The van der Waals surface area contributed by atoms with Crippen molar-refractivity contribution in [3.05, 3.63) is 36.5 Å². The Morgan fingerprint density at radius 3 is 1.07 bits per heavy atom. The molecule has 5 N–H and O–H groups in total. The first-order chi connectivity index (χ1) is 29.0. The monoisotopic (exact) mass is 832 g/mol. The van der Waals surface area contributed by atoms with Crippen LogP contribution in [0.1, 0.15) is 264 Å². The molecule has 0 saturated heterocycles. The summed E-state index contributed by atoms with van der Waals surface area (Å²) in [6.07, 6.45) is 57.8. The first-order valence-corrected chi connectivity index (χ1v) is 25.9. The standard InChI is InChI=1S/C53H101NO5/c1-3-5-7-9-11-13-15-17-18-19-20-21-22-23-24-25-26-27-28-29-30-31-32-33-35-36-38-40-42-44-46-50(56)52(58)49(48-55)54-53(59)51(57)47-45-43-41-39-37-34-16-14-12-10-8-6-4-2/h28-29,32-33,38,40,49-52,55-58H,3-27,30-31,34-37,39,41-48H2,1-2H3,(H,54,59)/b29-28+,33-32+,40-38+. The van der Waals surface area contributed by atoms with Gasteiger partial charge in [0, 0.05) is 0 Å². The summed E-state index contributed by atoms with van der Waals surface area (Å²) < 4.78 is 0. The maximum atomic E-state index is 12.5. The second-order valence-corrected chi connectivity index (χ2v) is 17.8. The molecule has 0 aromatic carbocycles. The number of unbranched alkanes of at least 4 members (excludes halogenated alkanes) is 32. The first kappa shape index (κ1) is 57.5. The molecular weight excluding hydrogens is 731 g/mol.